The lowest BCUT2D eigenvalue weighted by atomic mass is 10.0. The number of rotatable bonds is 5. The molecule has 28 heavy (non-hydrogen) atoms. The first-order valence-corrected chi connectivity index (χ1v) is 8.54. The molecule has 0 saturated heterocycles. The molecule has 0 N–H and O–H groups in total. The maximum absolute atomic E-state index is 12.6. The van der Waals surface area contributed by atoms with Crippen molar-refractivity contribution in [3.63, 3.8) is 0 Å². The van der Waals surface area contributed by atoms with Crippen LogP contribution in [0.2, 0.25) is 0 Å². The summed E-state index contributed by atoms with van der Waals surface area (Å²) in [6, 6.07) is 22.0. The Hall–Kier alpha value is -3.98. The molecule has 2 aromatic carbocycles. The maximum atomic E-state index is 12.6. The van der Waals surface area contributed by atoms with Gasteiger partial charge in [-0.3, -0.25) is 4.79 Å². The van der Waals surface area contributed by atoms with E-state index in [0.717, 1.165) is 11.1 Å². The minimum atomic E-state index is -0.769. The van der Waals surface area contributed by atoms with Crippen molar-refractivity contribution in [1.82, 2.24) is 9.78 Å². The van der Waals surface area contributed by atoms with Gasteiger partial charge in [-0.05, 0) is 11.6 Å². The van der Waals surface area contributed by atoms with Crippen molar-refractivity contribution in [3.05, 3.63) is 93.8 Å². The number of carbonyl (C=O) groups excluding carboxylic acids is 1. The number of hydrogen-bond donors (Lipinski definition) is 0. The van der Waals surface area contributed by atoms with Crippen LogP contribution in [0.25, 0.3) is 17.3 Å². The first-order chi connectivity index (χ1) is 13.6. The highest BCUT2D eigenvalue weighted by Crippen LogP contribution is 2.22. The lowest BCUT2D eigenvalue weighted by Crippen LogP contribution is -2.24. The molecule has 138 valence electrons. The lowest BCUT2D eigenvalue weighted by molar-refractivity contribution is -0.135. The summed E-state index contributed by atoms with van der Waals surface area (Å²) >= 11 is 0. The van der Waals surface area contributed by atoms with Gasteiger partial charge in [-0.15, -0.1) is 0 Å². The van der Waals surface area contributed by atoms with E-state index in [1.807, 2.05) is 60.7 Å². The molecule has 0 atom stereocenters. The smallest absolute Gasteiger partial charge is 0.348 e. The highest BCUT2D eigenvalue weighted by Gasteiger charge is 2.14. The molecule has 0 amide bonds. The van der Waals surface area contributed by atoms with Crippen molar-refractivity contribution in [2.75, 3.05) is 7.11 Å². The number of methoxy groups -OCH3 is 1. The van der Waals surface area contributed by atoms with Gasteiger partial charge in [0, 0.05) is 17.2 Å². The van der Waals surface area contributed by atoms with E-state index in [4.69, 9.17) is 0 Å². The van der Waals surface area contributed by atoms with Crippen LogP contribution in [0.3, 0.4) is 0 Å². The largest absolute Gasteiger partial charge is 0.465 e. The van der Waals surface area contributed by atoms with Gasteiger partial charge in [-0.2, -0.15) is 10.4 Å². The third-order valence-electron chi connectivity index (χ3n) is 4.08. The van der Waals surface area contributed by atoms with E-state index in [-0.39, 0.29) is 11.1 Å². The molecule has 0 bridgehead atoms. The number of esters is 1. The van der Waals surface area contributed by atoms with Crippen LogP contribution in [0.15, 0.2) is 77.1 Å². The number of carbonyl (C=O) groups is 1. The second kappa shape index (κ2) is 8.60. The van der Waals surface area contributed by atoms with Crippen molar-refractivity contribution in [2.24, 2.45) is 0 Å². The van der Waals surface area contributed by atoms with E-state index < -0.39 is 5.97 Å². The van der Waals surface area contributed by atoms with E-state index in [1.54, 1.807) is 6.07 Å². The Morgan fingerprint density at radius 1 is 1.14 bits per heavy atom. The fourth-order valence-corrected chi connectivity index (χ4v) is 2.71. The summed E-state index contributed by atoms with van der Waals surface area (Å²) in [4.78, 5) is 24.4. The summed E-state index contributed by atoms with van der Waals surface area (Å²) in [5.41, 5.74) is 2.03. The van der Waals surface area contributed by atoms with Gasteiger partial charge in [0.2, 0.25) is 0 Å². The van der Waals surface area contributed by atoms with Gasteiger partial charge in [0.25, 0.3) is 5.56 Å². The van der Waals surface area contributed by atoms with E-state index >= 15 is 0 Å². The summed E-state index contributed by atoms with van der Waals surface area (Å²) in [5.74, 6) is -0.769. The van der Waals surface area contributed by atoms with Gasteiger partial charge in [0.15, 0.2) is 0 Å². The minimum Gasteiger partial charge on any atom is -0.465 e. The molecule has 0 fully saturated rings. The van der Waals surface area contributed by atoms with Gasteiger partial charge in [-0.25, -0.2) is 9.48 Å². The number of nitriles is 1. The summed E-state index contributed by atoms with van der Waals surface area (Å²) < 4.78 is 5.98. The summed E-state index contributed by atoms with van der Waals surface area (Å²) in [5, 5.41) is 13.8. The average Bonchev–Trinajstić information content (AvgIpc) is 2.74. The Morgan fingerprint density at radius 2 is 1.79 bits per heavy atom. The van der Waals surface area contributed by atoms with Crippen LogP contribution in [0.5, 0.6) is 0 Å². The topological polar surface area (TPSA) is 85.0 Å². The van der Waals surface area contributed by atoms with Gasteiger partial charge in [-0.1, -0.05) is 60.7 Å². The van der Waals surface area contributed by atoms with Crippen molar-refractivity contribution >= 4 is 12.0 Å². The summed E-state index contributed by atoms with van der Waals surface area (Å²) in [6.07, 6.45) is 1.33. The predicted octanol–water partition coefficient (Wildman–Crippen LogP) is 3.04. The number of aromatic nitrogens is 2. The SMILES string of the molecule is COC(=O)/C(C#N)=C/c1cc(=O)n(Cc2ccccc2)nc1-c1ccccc1. The van der Waals surface area contributed by atoms with Crippen LogP contribution < -0.4 is 5.56 Å². The number of nitrogens with zero attached hydrogens (tertiary/aromatic N) is 3. The molecule has 0 aliphatic heterocycles. The quantitative estimate of drug-likeness (QED) is 0.391. The van der Waals surface area contributed by atoms with Crippen molar-refractivity contribution in [1.29, 1.82) is 5.26 Å². The Labute approximate surface area is 161 Å². The van der Waals surface area contributed by atoms with Gasteiger partial charge < -0.3 is 4.74 Å². The van der Waals surface area contributed by atoms with E-state index in [9.17, 15) is 14.9 Å². The van der Waals surface area contributed by atoms with Crippen LogP contribution in [-0.4, -0.2) is 22.9 Å². The van der Waals surface area contributed by atoms with Crippen molar-refractivity contribution in [3.8, 4) is 17.3 Å². The first kappa shape index (κ1) is 18.8. The Bertz CT molecular complexity index is 1110. The maximum Gasteiger partial charge on any atom is 0.348 e. The zero-order valence-corrected chi connectivity index (χ0v) is 15.2. The van der Waals surface area contributed by atoms with Crippen LogP contribution >= 0.6 is 0 Å². The monoisotopic (exact) mass is 371 g/mol. The number of benzene rings is 2. The molecular weight excluding hydrogens is 354 g/mol. The van der Waals surface area contributed by atoms with Gasteiger partial charge in [0.1, 0.15) is 11.6 Å². The summed E-state index contributed by atoms with van der Waals surface area (Å²) in [7, 11) is 1.20. The highest BCUT2D eigenvalue weighted by atomic mass is 16.5. The van der Waals surface area contributed by atoms with Crippen LogP contribution in [0.1, 0.15) is 11.1 Å². The number of ether oxygens (including phenoxy) is 1. The zero-order valence-electron chi connectivity index (χ0n) is 15.2. The molecule has 3 aromatic rings. The molecule has 0 aliphatic rings. The number of hydrogen-bond acceptors (Lipinski definition) is 5. The lowest BCUT2D eigenvalue weighted by Gasteiger charge is -2.11. The third kappa shape index (κ3) is 4.22. The highest BCUT2D eigenvalue weighted by molar-refractivity contribution is 5.98. The zero-order chi connectivity index (χ0) is 19.9. The molecule has 0 unspecified atom stereocenters. The van der Waals surface area contributed by atoms with E-state index in [1.165, 1.54) is 23.9 Å². The Morgan fingerprint density at radius 3 is 2.39 bits per heavy atom. The second-order valence-electron chi connectivity index (χ2n) is 5.96. The third-order valence-corrected chi connectivity index (χ3v) is 4.08. The van der Waals surface area contributed by atoms with Crippen molar-refractivity contribution in [2.45, 2.75) is 6.54 Å². The molecular formula is C22H17N3O3. The molecule has 0 radical (unpaired) electrons. The molecule has 0 aliphatic carbocycles. The summed E-state index contributed by atoms with van der Waals surface area (Å²) in [6.45, 7) is 0.311. The Balaban J connectivity index is 2.16. The standard InChI is InChI=1S/C22H17N3O3/c1-28-22(27)19(14-23)12-18-13-20(26)25(15-16-8-4-2-5-9-16)24-21(18)17-10-6-3-7-11-17/h2-13H,15H2,1H3/b19-12+. The van der Waals surface area contributed by atoms with Crippen LogP contribution in [0.4, 0.5) is 0 Å². The van der Waals surface area contributed by atoms with Crippen LogP contribution in [0, 0.1) is 11.3 Å². The Kier molecular flexibility index (Phi) is 5.78. The molecule has 3 rings (SSSR count). The minimum absolute atomic E-state index is 0.207. The molecule has 6 nitrogen and oxygen atoms in total. The molecule has 6 heteroatoms. The second-order valence-corrected chi connectivity index (χ2v) is 5.96. The first-order valence-electron chi connectivity index (χ1n) is 8.54. The van der Waals surface area contributed by atoms with Gasteiger partial charge >= 0.3 is 5.97 Å². The molecule has 0 spiro atoms. The van der Waals surface area contributed by atoms with Crippen molar-refractivity contribution < 1.29 is 9.53 Å². The fourth-order valence-electron chi connectivity index (χ4n) is 2.71. The molecule has 1 heterocycles. The normalized spacial score (nSPS) is 10.9. The van der Waals surface area contributed by atoms with Gasteiger partial charge in [0.05, 0.1) is 19.3 Å². The molecule has 0 saturated carbocycles. The predicted molar refractivity (Wildman–Crippen MR) is 105 cm³/mol. The van der Waals surface area contributed by atoms with Crippen LogP contribution in [-0.2, 0) is 16.1 Å². The average molecular weight is 371 g/mol. The fraction of sp³-hybridized carbons (Fsp3) is 0.0909. The van der Waals surface area contributed by atoms with E-state index in [0.29, 0.717) is 17.8 Å². The molecule has 1 aromatic heterocycles. The van der Waals surface area contributed by atoms with E-state index in [2.05, 4.69) is 9.84 Å².